The monoisotopic (exact) mass is 178 g/mol. The molecule has 0 aliphatic heterocycles. The van der Waals surface area contributed by atoms with Gasteiger partial charge in [-0.3, -0.25) is 10.00 Å². The normalized spacial score (nSPS) is 11.2. The molecule has 0 aliphatic rings. The molecule has 13 heavy (non-hydrogen) atoms. The van der Waals surface area contributed by atoms with Gasteiger partial charge in [-0.05, 0) is 13.8 Å². The molecule has 0 saturated carbocycles. The number of aryl methyl sites for hydroxylation is 1. The molecule has 1 rings (SSSR count). The predicted octanol–water partition coefficient (Wildman–Crippen LogP) is 0.316. The lowest BCUT2D eigenvalue weighted by atomic mass is 10.1. The zero-order valence-electron chi connectivity index (χ0n) is 8.20. The van der Waals surface area contributed by atoms with Crippen molar-refractivity contribution < 1.29 is 0 Å². The van der Waals surface area contributed by atoms with Crippen molar-refractivity contribution in [3.8, 4) is 12.3 Å². The summed E-state index contributed by atoms with van der Waals surface area (Å²) >= 11 is 0. The van der Waals surface area contributed by atoms with Gasteiger partial charge >= 0.3 is 0 Å². The number of nitrogens with zero attached hydrogens (tertiary/aromatic N) is 3. The molecule has 0 amide bonds. The molecule has 0 radical (unpaired) electrons. The smallest absolute Gasteiger partial charge is 0.140 e. The summed E-state index contributed by atoms with van der Waals surface area (Å²) in [5.74, 6) is 3.53. The second-order valence-corrected chi connectivity index (χ2v) is 3.42. The highest BCUT2D eigenvalue weighted by Gasteiger charge is 2.13. The van der Waals surface area contributed by atoms with Crippen LogP contribution in [0.25, 0.3) is 0 Å². The maximum absolute atomic E-state index is 5.33. The second-order valence-electron chi connectivity index (χ2n) is 3.42. The van der Waals surface area contributed by atoms with E-state index in [9.17, 15) is 0 Å². The quantitative estimate of drug-likeness (QED) is 0.678. The molecule has 0 unspecified atom stereocenters. The van der Waals surface area contributed by atoms with Crippen LogP contribution in [-0.2, 0) is 13.6 Å². The molecule has 0 fully saturated rings. The van der Waals surface area contributed by atoms with E-state index >= 15 is 0 Å². The maximum atomic E-state index is 5.33. The molecule has 0 aliphatic carbocycles. The Morgan fingerprint density at radius 1 is 1.69 bits per heavy atom. The second kappa shape index (κ2) is 3.58. The molecule has 0 aromatic carbocycles. The summed E-state index contributed by atoms with van der Waals surface area (Å²) in [6, 6.07) is 0. The molecule has 0 spiro atoms. The zero-order chi connectivity index (χ0) is 9.90. The summed E-state index contributed by atoms with van der Waals surface area (Å²) in [6.45, 7) is 4.53. The van der Waals surface area contributed by atoms with Crippen molar-refractivity contribution in [2.75, 3.05) is 0 Å². The zero-order valence-corrected chi connectivity index (χ0v) is 8.20. The fraction of sp³-hybridized carbons (Fsp3) is 0.556. The minimum atomic E-state index is -0.300. The number of nitrogens with one attached hydrogen (secondary N) is 1. The van der Waals surface area contributed by atoms with Crippen molar-refractivity contribution >= 4 is 0 Å². The summed E-state index contributed by atoms with van der Waals surface area (Å²) in [4.78, 5) is 4.07. The van der Waals surface area contributed by atoms with Crippen LogP contribution in [0, 0.1) is 12.3 Å². The van der Waals surface area contributed by atoms with E-state index in [2.05, 4.69) is 21.3 Å². The van der Waals surface area contributed by atoms with Crippen LogP contribution < -0.4 is 5.32 Å². The molecule has 1 N–H and O–H groups in total. The molecule has 4 nitrogen and oxygen atoms in total. The van der Waals surface area contributed by atoms with Gasteiger partial charge in [0.2, 0.25) is 0 Å². The highest BCUT2D eigenvalue weighted by atomic mass is 15.3. The van der Waals surface area contributed by atoms with Crippen molar-refractivity contribution in [2.45, 2.75) is 25.9 Å². The van der Waals surface area contributed by atoms with E-state index in [-0.39, 0.29) is 5.54 Å². The minimum absolute atomic E-state index is 0.300. The van der Waals surface area contributed by atoms with Crippen molar-refractivity contribution in [3.05, 3.63) is 12.2 Å². The third-order valence-electron chi connectivity index (χ3n) is 1.85. The third-order valence-corrected chi connectivity index (χ3v) is 1.85. The first-order valence-electron chi connectivity index (χ1n) is 4.11. The first-order valence-corrected chi connectivity index (χ1v) is 4.11. The van der Waals surface area contributed by atoms with Gasteiger partial charge in [-0.2, -0.15) is 5.10 Å². The van der Waals surface area contributed by atoms with Crippen LogP contribution in [0.1, 0.15) is 19.7 Å². The van der Waals surface area contributed by atoms with Gasteiger partial charge in [0.1, 0.15) is 12.2 Å². The molecular formula is C9H14N4. The standard InChI is InChI=1S/C9H14N4/c1-5-9(2,3)11-6-8-10-7-12-13(8)4/h1,7,11H,6H2,2-4H3. The number of aromatic nitrogens is 3. The molecule has 1 heterocycles. The number of hydrogen-bond donors (Lipinski definition) is 1. The van der Waals surface area contributed by atoms with Gasteiger partial charge in [0, 0.05) is 7.05 Å². The lowest BCUT2D eigenvalue weighted by Crippen LogP contribution is -2.37. The molecule has 0 saturated heterocycles. The van der Waals surface area contributed by atoms with E-state index in [1.807, 2.05) is 20.9 Å². The highest BCUT2D eigenvalue weighted by Crippen LogP contribution is 2.00. The average Bonchev–Trinajstić information content (AvgIpc) is 2.48. The first kappa shape index (κ1) is 9.75. The van der Waals surface area contributed by atoms with Gasteiger partial charge in [-0.1, -0.05) is 5.92 Å². The average molecular weight is 178 g/mol. The van der Waals surface area contributed by atoms with E-state index in [1.165, 1.54) is 6.33 Å². The summed E-state index contributed by atoms with van der Waals surface area (Å²) in [5, 5.41) is 7.15. The van der Waals surface area contributed by atoms with Crippen LogP contribution in [-0.4, -0.2) is 20.3 Å². The lowest BCUT2D eigenvalue weighted by molar-refractivity contribution is 0.472. The van der Waals surface area contributed by atoms with E-state index in [4.69, 9.17) is 6.42 Å². The highest BCUT2D eigenvalue weighted by molar-refractivity contribution is 5.07. The maximum Gasteiger partial charge on any atom is 0.140 e. The Hall–Kier alpha value is -1.34. The molecule has 0 bridgehead atoms. The van der Waals surface area contributed by atoms with Crippen LogP contribution >= 0.6 is 0 Å². The Bertz CT molecular complexity index is 319. The van der Waals surface area contributed by atoms with Crippen LogP contribution in [0.4, 0.5) is 0 Å². The van der Waals surface area contributed by atoms with E-state index < -0.39 is 0 Å². The van der Waals surface area contributed by atoms with Crippen LogP contribution in [0.3, 0.4) is 0 Å². The van der Waals surface area contributed by atoms with Gasteiger partial charge in [0.25, 0.3) is 0 Å². The summed E-state index contributed by atoms with van der Waals surface area (Å²) in [5.41, 5.74) is -0.300. The Morgan fingerprint density at radius 2 is 2.38 bits per heavy atom. The SMILES string of the molecule is C#CC(C)(C)NCc1ncnn1C. The van der Waals surface area contributed by atoms with Crippen molar-refractivity contribution in [2.24, 2.45) is 7.05 Å². The van der Waals surface area contributed by atoms with E-state index in [1.54, 1.807) is 4.68 Å². The van der Waals surface area contributed by atoms with Crippen LogP contribution in [0.5, 0.6) is 0 Å². The minimum Gasteiger partial charge on any atom is -0.294 e. The van der Waals surface area contributed by atoms with Gasteiger partial charge in [-0.15, -0.1) is 6.42 Å². The van der Waals surface area contributed by atoms with Gasteiger partial charge in [0.15, 0.2) is 0 Å². The Kier molecular flexibility index (Phi) is 2.69. The van der Waals surface area contributed by atoms with Crippen LogP contribution in [0.15, 0.2) is 6.33 Å². The Balaban J connectivity index is 2.54. The van der Waals surface area contributed by atoms with E-state index in [0.717, 1.165) is 5.82 Å². The summed E-state index contributed by atoms with van der Waals surface area (Å²) in [6.07, 6.45) is 6.86. The fourth-order valence-electron chi connectivity index (χ4n) is 0.831. The lowest BCUT2D eigenvalue weighted by Gasteiger charge is -2.18. The van der Waals surface area contributed by atoms with Crippen LogP contribution in [0.2, 0.25) is 0 Å². The molecular weight excluding hydrogens is 164 g/mol. The van der Waals surface area contributed by atoms with Gasteiger partial charge < -0.3 is 0 Å². The summed E-state index contributed by atoms with van der Waals surface area (Å²) in [7, 11) is 1.85. The van der Waals surface area contributed by atoms with Crippen molar-refractivity contribution in [1.82, 2.24) is 20.1 Å². The van der Waals surface area contributed by atoms with E-state index in [0.29, 0.717) is 6.54 Å². The summed E-state index contributed by atoms with van der Waals surface area (Å²) < 4.78 is 1.72. The molecule has 1 aromatic rings. The molecule has 0 atom stereocenters. The number of rotatable bonds is 3. The topological polar surface area (TPSA) is 42.7 Å². The van der Waals surface area contributed by atoms with Gasteiger partial charge in [0.05, 0.1) is 12.1 Å². The molecule has 1 aromatic heterocycles. The van der Waals surface area contributed by atoms with Crippen molar-refractivity contribution in [1.29, 1.82) is 0 Å². The third kappa shape index (κ3) is 2.56. The number of terminal acetylenes is 1. The largest absolute Gasteiger partial charge is 0.294 e. The fourth-order valence-corrected chi connectivity index (χ4v) is 0.831. The van der Waals surface area contributed by atoms with Gasteiger partial charge in [-0.25, -0.2) is 4.98 Å². The predicted molar refractivity (Wildman–Crippen MR) is 50.8 cm³/mol. The molecule has 70 valence electrons. The Morgan fingerprint density at radius 3 is 2.85 bits per heavy atom. The number of hydrogen-bond acceptors (Lipinski definition) is 3. The Labute approximate surface area is 78.4 Å². The molecule has 4 heteroatoms. The first-order chi connectivity index (χ1) is 6.05. The van der Waals surface area contributed by atoms with Crippen molar-refractivity contribution in [3.63, 3.8) is 0 Å².